The minimum absolute atomic E-state index is 0.0752. The van der Waals surface area contributed by atoms with Crippen molar-refractivity contribution in [1.29, 1.82) is 0 Å². The Hall–Kier alpha value is -3.65. The van der Waals surface area contributed by atoms with Gasteiger partial charge < -0.3 is 4.74 Å². The minimum Gasteiger partial charge on any atom is -0.491 e. The number of hydrazone groups is 1. The fraction of sp³-hybridized carbons (Fsp3) is 0.231. The summed E-state index contributed by atoms with van der Waals surface area (Å²) in [5.74, 6) is 0.181. The molecule has 3 aromatic carbocycles. The molecule has 0 aromatic heterocycles. The van der Waals surface area contributed by atoms with Gasteiger partial charge in [-0.3, -0.25) is 9.10 Å². The van der Waals surface area contributed by atoms with Crippen LogP contribution in [0.3, 0.4) is 0 Å². The van der Waals surface area contributed by atoms with Crippen molar-refractivity contribution in [2.75, 3.05) is 10.8 Å². The highest BCUT2D eigenvalue weighted by molar-refractivity contribution is 7.92. The van der Waals surface area contributed by atoms with E-state index < -0.39 is 22.5 Å². The number of nitrogens with zero attached hydrogens (tertiary/aromatic N) is 2. The van der Waals surface area contributed by atoms with E-state index in [0.29, 0.717) is 5.69 Å². The lowest BCUT2D eigenvalue weighted by Crippen LogP contribution is -2.39. The number of carbonyl (C=O) groups excluding carboxylic acids is 1. The number of aryl methyl sites for hydroxylation is 2. The Bertz CT molecular complexity index is 1250. The lowest BCUT2D eigenvalue weighted by molar-refractivity contribution is -0.119. The molecule has 1 N–H and O–H groups in total. The highest BCUT2D eigenvalue weighted by atomic mass is 32.2. The van der Waals surface area contributed by atoms with Crippen LogP contribution >= 0.6 is 0 Å². The summed E-state index contributed by atoms with van der Waals surface area (Å²) in [4.78, 5) is 12.8. The van der Waals surface area contributed by atoms with Crippen LogP contribution in [0.4, 0.5) is 5.69 Å². The molecule has 7 nitrogen and oxygen atoms in total. The van der Waals surface area contributed by atoms with Crippen LogP contribution in [0.1, 0.15) is 30.5 Å². The molecule has 0 aliphatic carbocycles. The first-order chi connectivity index (χ1) is 16.2. The lowest BCUT2D eigenvalue weighted by atomic mass is 10.1. The normalized spacial score (nSPS) is 11.6. The Morgan fingerprint density at radius 1 is 1.00 bits per heavy atom. The van der Waals surface area contributed by atoms with Crippen molar-refractivity contribution in [1.82, 2.24) is 5.43 Å². The van der Waals surface area contributed by atoms with Crippen LogP contribution in [0.2, 0.25) is 0 Å². The van der Waals surface area contributed by atoms with E-state index in [9.17, 15) is 13.2 Å². The van der Waals surface area contributed by atoms with Gasteiger partial charge in [-0.2, -0.15) is 5.10 Å². The van der Waals surface area contributed by atoms with Crippen LogP contribution in [0.5, 0.6) is 5.75 Å². The quantitative estimate of drug-likeness (QED) is 0.363. The summed E-state index contributed by atoms with van der Waals surface area (Å²) < 4.78 is 33.4. The summed E-state index contributed by atoms with van der Waals surface area (Å²) in [6.45, 7) is 7.32. The maximum absolute atomic E-state index is 13.4. The van der Waals surface area contributed by atoms with Crippen LogP contribution < -0.4 is 14.5 Å². The Morgan fingerprint density at radius 2 is 1.68 bits per heavy atom. The molecule has 0 spiro atoms. The second-order valence-corrected chi connectivity index (χ2v) is 9.98. The van der Waals surface area contributed by atoms with Gasteiger partial charge in [0.15, 0.2) is 0 Å². The summed E-state index contributed by atoms with van der Waals surface area (Å²) in [6, 6.07) is 20.6. The van der Waals surface area contributed by atoms with E-state index in [-0.39, 0.29) is 11.0 Å². The second-order valence-electron chi connectivity index (χ2n) is 8.12. The predicted molar refractivity (Wildman–Crippen MR) is 135 cm³/mol. The van der Waals surface area contributed by atoms with E-state index in [4.69, 9.17) is 4.74 Å². The van der Waals surface area contributed by atoms with E-state index in [1.54, 1.807) is 30.3 Å². The molecule has 0 radical (unpaired) electrons. The Morgan fingerprint density at radius 3 is 2.29 bits per heavy atom. The number of hydrogen-bond donors (Lipinski definition) is 1. The third-order valence-corrected chi connectivity index (χ3v) is 6.84. The van der Waals surface area contributed by atoms with E-state index in [1.165, 1.54) is 18.3 Å². The molecule has 0 saturated heterocycles. The first-order valence-corrected chi connectivity index (χ1v) is 12.3. The molecule has 0 bridgehead atoms. The zero-order chi connectivity index (χ0) is 24.7. The molecule has 0 aliphatic heterocycles. The molecule has 34 heavy (non-hydrogen) atoms. The number of rotatable bonds is 9. The standard InChI is InChI=1S/C26H29N3O4S/c1-19(2)33-24-14-11-22(12-15-24)17-27-28-26(30)18-29(23-13-10-20(3)21(4)16-23)34(31,32)25-8-6-5-7-9-25/h5-17,19H,18H2,1-4H3,(H,28,30)/b27-17+. The largest absolute Gasteiger partial charge is 0.491 e. The molecule has 3 rings (SSSR count). The summed E-state index contributed by atoms with van der Waals surface area (Å²) in [7, 11) is -3.96. The van der Waals surface area contributed by atoms with Crippen LogP contribution in [-0.2, 0) is 14.8 Å². The minimum atomic E-state index is -3.96. The van der Waals surface area contributed by atoms with Crippen molar-refractivity contribution < 1.29 is 17.9 Å². The van der Waals surface area contributed by atoms with E-state index >= 15 is 0 Å². The van der Waals surface area contributed by atoms with Crippen molar-refractivity contribution in [3.8, 4) is 5.75 Å². The number of carbonyl (C=O) groups is 1. The van der Waals surface area contributed by atoms with Crippen molar-refractivity contribution >= 4 is 27.8 Å². The Labute approximate surface area is 201 Å². The third kappa shape index (κ3) is 6.45. The first-order valence-electron chi connectivity index (χ1n) is 10.9. The van der Waals surface area contributed by atoms with E-state index in [1.807, 2.05) is 58.0 Å². The maximum Gasteiger partial charge on any atom is 0.264 e. The van der Waals surface area contributed by atoms with Gasteiger partial charge in [-0.15, -0.1) is 0 Å². The molecule has 178 valence electrons. The predicted octanol–water partition coefficient (Wildman–Crippen LogP) is 4.44. The summed E-state index contributed by atoms with van der Waals surface area (Å²) in [5, 5.41) is 3.98. The Kier molecular flexibility index (Phi) is 8.07. The summed E-state index contributed by atoms with van der Waals surface area (Å²) in [6.07, 6.45) is 1.56. The molecule has 3 aromatic rings. The molecule has 8 heteroatoms. The number of ether oxygens (including phenoxy) is 1. The molecular formula is C26H29N3O4S. The number of nitrogens with one attached hydrogen (secondary N) is 1. The van der Waals surface area contributed by atoms with Crippen molar-refractivity contribution in [2.45, 2.75) is 38.7 Å². The number of benzene rings is 3. The van der Waals surface area contributed by atoms with Gasteiger partial charge in [0, 0.05) is 0 Å². The average Bonchev–Trinajstić information content (AvgIpc) is 2.81. The molecule has 0 heterocycles. The summed E-state index contributed by atoms with van der Waals surface area (Å²) in [5.41, 5.74) is 5.55. The number of sulfonamides is 1. The van der Waals surface area contributed by atoms with Crippen LogP contribution in [0.15, 0.2) is 82.8 Å². The van der Waals surface area contributed by atoms with E-state index in [2.05, 4.69) is 10.5 Å². The van der Waals surface area contributed by atoms with Gasteiger partial charge in [0.05, 0.1) is 22.9 Å². The van der Waals surface area contributed by atoms with Gasteiger partial charge in [-0.1, -0.05) is 24.3 Å². The van der Waals surface area contributed by atoms with Crippen molar-refractivity contribution in [3.63, 3.8) is 0 Å². The zero-order valence-electron chi connectivity index (χ0n) is 19.7. The monoisotopic (exact) mass is 479 g/mol. The molecule has 0 atom stereocenters. The fourth-order valence-corrected chi connectivity index (χ4v) is 4.60. The molecule has 0 unspecified atom stereocenters. The SMILES string of the molecule is Cc1ccc(N(CC(=O)N/N=C/c2ccc(OC(C)C)cc2)S(=O)(=O)c2ccccc2)cc1C. The molecule has 0 saturated carbocycles. The van der Waals surface area contributed by atoms with Gasteiger partial charge in [0.2, 0.25) is 0 Å². The summed E-state index contributed by atoms with van der Waals surface area (Å²) >= 11 is 0. The first kappa shape index (κ1) is 25.0. The van der Waals surface area contributed by atoms with Gasteiger partial charge in [0.25, 0.3) is 15.9 Å². The van der Waals surface area contributed by atoms with E-state index in [0.717, 1.165) is 26.7 Å². The third-order valence-electron chi connectivity index (χ3n) is 5.05. The van der Waals surface area contributed by atoms with Crippen molar-refractivity contribution in [3.05, 3.63) is 89.5 Å². The van der Waals surface area contributed by atoms with Crippen molar-refractivity contribution in [2.24, 2.45) is 5.10 Å². The van der Waals surface area contributed by atoms with Crippen LogP contribution in [0, 0.1) is 13.8 Å². The molecule has 0 aliphatic rings. The maximum atomic E-state index is 13.4. The molecule has 0 fully saturated rings. The topological polar surface area (TPSA) is 88.1 Å². The molecular weight excluding hydrogens is 450 g/mol. The average molecular weight is 480 g/mol. The van der Waals surface area contributed by atoms with Crippen LogP contribution in [-0.4, -0.2) is 33.2 Å². The van der Waals surface area contributed by atoms with Gasteiger partial charge in [-0.25, -0.2) is 13.8 Å². The zero-order valence-corrected chi connectivity index (χ0v) is 20.5. The second kappa shape index (κ2) is 11.0. The Balaban J connectivity index is 1.77. The highest BCUT2D eigenvalue weighted by Gasteiger charge is 2.27. The number of hydrogen-bond acceptors (Lipinski definition) is 5. The number of anilines is 1. The highest BCUT2D eigenvalue weighted by Crippen LogP contribution is 2.25. The number of amides is 1. The van der Waals surface area contributed by atoms with Gasteiger partial charge in [-0.05, 0) is 92.9 Å². The van der Waals surface area contributed by atoms with Gasteiger partial charge in [0.1, 0.15) is 12.3 Å². The fourth-order valence-electron chi connectivity index (χ4n) is 3.16. The van der Waals surface area contributed by atoms with Gasteiger partial charge >= 0.3 is 0 Å². The molecule has 1 amide bonds. The van der Waals surface area contributed by atoms with Crippen LogP contribution in [0.25, 0.3) is 0 Å². The lowest BCUT2D eigenvalue weighted by Gasteiger charge is -2.24. The smallest absolute Gasteiger partial charge is 0.264 e.